The van der Waals surface area contributed by atoms with Gasteiger partial charge in [0.05, 0.1) is 28.9 Å². The van der Waals surface area contributed by atoms with Crippen molar-refractivity contribution < 1.29 is 32.9 Å². The van der Waals surface area contributed by atoms with Crippen LogP contribution in [0.5, 0.6) is 0 Å². The van der Waals surface area contributed by atoms with E-state index in [1.807, 2.05) is 6.07 Å². The smallest absolute Gasteiger partial charge is 0.194 e. The highest BCUT2D eigenvalue weighted by Crippen LogP contribution is 2.41. The molecule has 8 nitrogen and oxygen atoms in total. The summed E-state index contributed by atoms with van der Waals surface area (Å²) in [6.07, 6.45) is -2.17. The molecule has 0 bridgehead atoms. The summed E-state index contributed by atoms with van der Waals surface area (Å²) in [5.41, 5.74) is -0.969. The van der Waals surface area contributed by atoms with Gasteiger partial charge in [-0.05, 0) is 30.3 Å². The summed E-state index contributed by atoms with van der Waals surface area (Å²) in [6, 6.07) is 7.20. The van der Waals surface area contributed by atoms with Crippen molar-refractivity contribution in [2.75, 3.05) is 13.2 Å². The Morgan fingerprint density at radius 3 is 2.53 bits per heavy atom. The van der Waals surface area contributed by atoms with Gasteiger partial charge in [-0.2, -0.15) is 5.26 Å². The molecular formula is C22H17Cl2F3N4O4S. The lowest BCUT2D eigenvalue weighted by Gasteiger charge is -2.43. The van der Waals surface area contributed by atoms with Gasteiger partial charge in [-0.25, -0.2) is 17.9 Å². The Bertz CT molecular complexity index is 1270. The summed E-state index contributed by atoms with van der Waals surface area (Å²) < 4.78 is 53.6. The molecule has 3 aromatic rings. The zero-order valence-electron chi connectivity index (χ0n) is 18.1. The SMILES string of the molecule is N#CCO[C@@H]1[C@@H](n2cc(-c3cc(F)c(F)c(F)c3)nn2)[C@@H](O)[C@@H](CO)O[C@@H]1Sc1ccc(Cl)c(Cl)c1. The van der Waals surface area contributed by atoms with Crippen molar-refractivity contribution in [3.8, 4) is 17.3 Å². The number of aliphatic hydroxyl groups excluding tert-OH is 2. The second-order valence-corrected chi connectivity index (χ2v) is 9.66. The van der Waals surface area contributed by atoms with Crippen LogP contribution in [0.2, 0.25) is 10.0 Å². The van der Waals surface area contributed by atoms with Crippen LogP contribution in [0.25, 0.3) is 11.3 Å². The van der Waals surface area contributed by atoms with Crippen molar-refractivity contribution >= 4 is 35.0 Å². The Morgan fingerprint density at radius 2 is 1.89 bits per heavy atom. The van der Waals surface area contributed by atoms with Gasteiger partial charge in [0.1, 0.15) is 42.1 Å². The molecule has 0 amide bonds. The molecule has 0 spiro atoms. The minimum atomic E-state index is -1.62. The van der Waals surface area contributed by atoms with Gasteiger partial charge in [-0.15, -0.1) is 5.10 Å². The number of aliphatic hydroxyl groups is 2. The van der Waals surface area contributed by atoms with Gasteiger partial charge in [-0.1, -0.05) is 40.2 Å². The quantitative estimate of drug-likeness (QED) is 0.417. The van der Waals surface area contributed by atoms with Gasteiger partial charge in [0.2, 0.25) is 0 Å². The first-order valence-electron chi connectivity index (χ1n) is 10.3. The molecule has 4 rings (SSSR count). The predicted molar refractivity (Wildman–Crippen MR) is 124 cm³/mol. The van der Waals surface area contributed by atoms with E-state index >= 15 is 0 Å². The van der Waals surface area contributed by atoms with E-state index in [4.69, 9.17) is 37.9 Å². The maximum absolute atomic E-state index is 13.7. The van der Waals surface area contributed by atoms with Gasteiger partial charge in [0, 0.05) is 10.5 Å². The average Bonchev–Trinajstić information content (AvgIpc) is 3.34. The van der Waals surface area contributed by atoms with Gasteiger partial charge in [0.15, 0.2) is 17.5 Å². The van der Waals surface area contributed by atoms with Crippen molar-refractivity contribution in [3.05, 3.63) is 64.0 Å². The number of hydrogen-bond acceptors (Lipinski definition) is 8. The van der Waals surface area contributed by atoms with Crippen LogP contribution in [-0.2, 0) is 9.47 Å². The first-order chi connectivity index (χ1) is 17.2. The first kappa shape index (κ1) is 26.7. The van der Waals surface area contributed by atoms with Crippen molar-refractivity contribution in [2.45, 2.75) is 34.7 Å². The maximum atomic E-state index is 13.7. The van der Waals surface area contributed by atoms with Crippen LogP contribution in [0.1, 0.15) is 6.04 Å². The lowest BCUT2D eigenvalue weighted by atomic mass is 9.97. The first-order valence-corrected chi connectivity index (χ1v) is 12.0. The van der Waals surface area contributed by atoms with E-state index < -0.39 is 53.8 Å². The normalized spacial score (nSPS) is 24.0. The number of benzene rings is 2. The molecule has 14 heteroatoms. The Hall–Kier alpha value is -2.37. The summed E-state index contributed by atoms with van der Waals surface area (Å²) in [6.45, 7) is -0.924. The summed E-state index contributed by atoms with van der Waals surface area (Å²) in [7, 11) is 0. The van der Waals surface area contributed by atoms with Crippen molar-refractivity contribution in [3.63, 3.8) is 0 Å². The Labute approximate surface area is 217 Å². The highest BCUT2D eigenvalue weighted by Gasteiger charge is 2.48. The van der Waals surface area contributed by atoms with Crippen LogP contribution >= 0.6 is 35.0 Å². The van der Waals surface area contributed by atoms with E-state index in [-0.39, 0.29) is 17.9 Å². The predicted octanol–water partition coefficient (Wildman–Crippen LogP) is 3.99. The van der Waals surface area contributed by atoms with Gasteiger partial charge >= 0.3 is 0 Å². The van der Waals surface area contributed by atoms with Crippen LogP contribution in [0.4, 0.5) is 13.2 Å². The molecule has 1 aliphatic heterocycles. The molecule has 0 radical (unpaired) electrons. The fourth-order valence-corrected chi connectivity index (χ4v) is 5.25. The lowest BCUT2D eigenvalue weighted by molar-refractivity contribution is -0.189. The van der Waals surface area contributed by atoms with E-state index in [0.29, 0.717) is 14.9 Å². The second kappa shape index (κ2) is 11.4. The Balaban J connectivity index is 1.71. The molecular weight excluding hydrogens is 544 g/mol. The Morgan fingerprint density at radius 1 is 1.17 bits per heavy atom. The minimum absolute atomic E-state index is 0.0141. The molecule has 2 heterocycles. The molecule has 1 fully saturated rings. The molecule has 0 saturated carbocycles. The third-order valence-electron chi connectivity index (χ3n) is 5.40. The van der Waals surface area contributed by atoms with E-state index in [2.05, 4.69) is 10.3 Å². The van der Waals surface area contributed by atoms with Crippen LogP contribution < -0.4 is 0 Å². The molecule has 1 aliphatic rings. The van der Waals surface area contributed by atoms with Crippen LogP contribution in [0.3, 0.4) is 0 Å². The third-order valence-corrected chi connectivity index (χ3v) is 7.28. The van der Waals surface area contributed by atoms with E-state index in [1.54, 1.807) is 18.2 Å². The third kappa shape index (κ3) is 5.47. The summed E-state index contributed by atoms with van der Waals surface area (Å²) >= 11 is 13.2. The summed E-state index contributed by atoms with van der Waals surface area (Å²) in [4.78, 5) is 0.628. The van der Waals surface area contributed by atoms with Crippen molar-refractivity contribution in [1.29, 1.82) is 5.26 Å². The standard InChI is InChI=1S/C22H17Cl2F3N4O4S/c23-12-2-1-11(7-13(12)24)36-22-21(34-4-3-28)19(20(33)17(9-32)35-22)31-8-16(29-30-31)10-5-14(25)18(27)15(26)6-10/h1-2,5-8,17,19-22,32-33H,4,9H2/t17-,19+,20+,21-,22-/m1/s1. The van der Waals surface area contributed by atoms with E-state index in [0.717, 1.165) is 23.9 Å². The molecule has 1 saturated heterocycles. The zero-order valence-corrected chi connectivity index (χ0v) is 20.4. The number of halogens is 5. The number of rotatable bonds is 7. The summed E-state index contributed by atoms with van der Waals surface area (Å²) in [5, 5.41) is 38.4. The fraction of sp³-hybridized carbons (Fsp3) is 0.318. The van der Waals surface area contributed by atoms with Crippen LogP contribution in [-0.4, -0.2) is 62.2 Å². The number of aromatic nitrogens is 3. The monoisotopic (exact) mass is 560 g/mol. The second-order valence-electron chi connectivity index (χ2n) is 7.67. The van der Waals surface area contributed by atoms with Crippen molar-refractivity contribution in [2.24, 2.45) is 0 Å². The van der Waals surface area contributed by atoms with Gasteiger partial charge < -0.3 is 19.7 Å². The topological polar surface area (TPSA) is 113 Å². The average molecular weight is 561 g/mol. The molecule has 0 aliphatic carbocycles. The molecule has 36 heavy (non-hydrogen) atoms. The number of thioether (sulfide) groups is 1. The van der Waals surface area contributed by atoms with Crippen LogP contribution in [0, 0.1) is 28.8 Å². The fourth-order valence-electron chi connectivity index (χ4n) is 3.71. The number of nitriles is 1. The molecule has 1 aromatic heterocycles. The minimum Gasteiger partial charge on any atom is -0.394 e. The number of ether oxygens (including phenoxy) is 2. The maximum Gasteiger partial charge on any atom is 0.194 e. The number of hydrogen-bond donors (Lipinski definition) is 2. The van der Waals surface area contributed by atoms with Gasteiger partial charge in [-0.3, -0.25) is 0 Å². The number of nitrogens with zero attached hydrogens (tertiary/aromatic N) is 4. The lowest BCUT2D eigenvalue weighted by Crippen LogP contribution is -2.56. The van der Waals surface area contributed by atoms with E-state index in [9.17, 15) is 23.4 Å². The summed E-state index contributed by atoms with van der Waals surface area (Å²) in [5.74, 6) is -4.43. The Kier molecular flexibility index (Phi) is 8.41. The molecule has 0 unspecified atom stereocenters. The molecule has 190 valence electrons. The van der Waals surface area contributed by atoms with Crippen molar-refractivity contribution in [1.82, 2.24) is 15.0 Å². The van der Waals surface area contributed by atoms with Crippen LogP contribution in [0.15, 0.2) is 41.4 Å². The highest BCUT2D eigenvalue weighted by atomic mass is 35.5. The zero-order chi connectivity index (χ0) is 26.0. The molecule has 2 aromatic carbocycles. The largest absolute Gasteiger partial charge is 0.394 e. The highest BCUT2D eigenvalue weighted by molar-refractivity contribution is 7.99. The van der Waals surface area contributed by atoms with Gasteiger partial charge in [0.25, 0.3) is 0 Å². The molecule has 5 atom stereocenters. The van der Waals surface area contributed by atoms with E-state index in [1.165, 1.54) is 10.9 Å². The molecule has 2 N–H and O–H groups in total.